The third-order valence-electron chi connectivity index (χ3n) is 3.18. The van der Waals surface area contributed by atoms with Gasteiger partial charge in [-0.25, -0.2) is 0 Å². The lowest BCUT2D eigenvalue weighted by Gasteiger charge is -2.22. The predicted octanol–water partition coefficient (Wildman–Crippen LogP) is 2.93. The molecule has 0 spiro atoms. The Labute approximate surface area is 127 Å². The number of carbonyl (C=O) groups is 2. The molecule has 1 aromatic carbocycles. The summed E-state index contributed by atoms with van der Waals surface area (Å²) in [5.74, 6) is -0.951. The molecular weight excluding hydrogens is 353 g/mol. The van der Waals surface area contributed by atoms with Crippen molar-refractivity contribution >= 4 is 33.4 Å². The van der Waals surface area contributed by atoms with Crippen molar-refractivity contribution < 1.29 is 22.8 Å². The molecule has 1 aromatic rings. The molecule has 1 heterocycles. The van der Waals surface area contributed by atoms with E-state index in [0.717, 1.165) is 6.07 Å². The number of rotatable bonds is 2. The molecule has 8 heteroatoms. The standard InChI is InChI=1S/C13H12BrF3N2O2/c14-10-3-2-8(5-9(10)13(15,16)17)19-12(21)7-1-4-11(20)18-6-7/h2-3,5,7H,1,4,6H2,(H,18,20)(H,19,21). The van der Waals surface area contributed by atoms with Gasteiger partial charge in [0.05, 0.1) is 11.5 Å². The Kier molecular flexibility index (Phi) is 4.55. The number of carbonyl (C=O) groups excluding carboxylic acids is 2. The van der Waals surface area contributed by atoms with Crippen molar-refractivity contribution in [2.75, 3.05) is 11.9 Å². The van der Waals surface area contributed by atoms with Gasteiger partial charge >= 0.3 is 6.18 Å². The summed E-state index contributed by atoms with van der Waals surface area (Å²) >= 11 is 2.84. The van der Waals surface area contributed by atoms with Crippen LogP contribution < -0.4 is 10.6 Å². The van der Waals surface area contributed by atoms with Crippen molar-refractivity contribution in [3.63, 3.8) is 0 Å². The zero-order valence-electron chi connectivity index (χ0n) is 10.8. The zero-order chi connectivity index (χ0) is 15.6. The average molecular weight is 365 g/mol. The summed E-state index contributed by atoms with van der Waals surface area (Å²) in [6, 6.07) is 3.50. The molecule has 1 aliphatic rings. The van der Waals surface area contributed by atoms with Crippen LogP contribution in [0.5, 0.6) is 0 Å². The second-order valence-electron chi connectivity index (χ2n) is 4.72. The fourth-order valence-corrected chi connectivity index (χ4v) is 2.49. The third kappa shape index (κ3) is 3.96. The van der Waals surface area contributed by atoms with Crippen LogP contribution in [-0.4, -0.2) is 18.4 Å². The number of piperidine rings is 1. The van der Waals surface area contributed by atoms with Crippen LogP contribution >= 0.6 is 15.9 Å². The maximum absolute atomic E-state index is 12.8. The van der Waals surface area contributed by atoms with E-state index in [9.17, 15) is 22.8 Å². The van der Waals surface area contributed by atoms with E-state index >= 15 is 0 Å². The van der Waals surface area contributed by atoms with Gasteiger partial charge in [-0.15, -0.1) is 0 Å². The molecule has 0 bridgehead atoms. The van der Waals surface area contributed by atoms with E-state index < -0.39 is 23.6 Å². The molecule has 0 radical (unpaired) electrons. The fraction of sp³-hybridized carbons (Fsp3) is 0.385. The van der Waals surface area contributed by atoms with Crippen LogP contribution in [0.15, 0.2) is 22.7 Å². The first-order valence-corrected chi connectivity index (χ1v) is 7.01. The van der Waals surface area contributed by atoms with E-state index in [4.69, 9.17) is 0 Å². The van der Waals surface area contributed by atoms with Gasteiger partial charge in [-0.3, -0.25) is 9.59 Å². The number of nitrogens with one attached hydrogen (secondary N) is 2. The Balaban J connectivity index is 2.09. The SMILES string of the molecule is O=C1CCC(C(=O)Nc2ccc(Br)c(C(F)(F)F)c2)CN1. The lowest BCUT2D eigenvalue weighted by atomic mass is 9.98. The first-order valence-electron chi connectivity index (χ1n) is 6.21. The number of anilines is 1. The second-order valence-corrected chi connectivity index (χ2v) is 5.58. The van der Waals surface area contributed by atoms with Crippen molar-refractivity contribution in [1.29, 1.82) is 0 Å². The fourth-order valence-electron chi connectivity index (χ4n) is 2.02. The summed E-state index contributed by atoms with van der Waals surface area (Å²) in [7, 11) is 0. The Morgan fingerprint density at radius 2 is 2.10 bits per heavy atom. The minimum Gasteiger partial charge on any atom is -0.355 e. The molecule has 2 amide bonds. The van der Waals surface area contributed by atoms with Crippen LogP contribution in [0.2, 0.25) is 0 Å². The van der Waals surface area contributed by atoms with Crippen molar-refractivity contribution in [3.8, 4) is 0 Å². The van der Waals surface area contributed by atoms with Gasteiger partial charge in [-0.05, 0) is 24.6 Å². The first-order chi connectivity index (χ1) is 9.77. The molecule has 0 aromatic heterocycles. The highest BCUT2D eigenvalue weighted by molar-refractivity contribution is 9.10. The van der Waals surface area contributed by atoms with Crippen molar-refractivity contribution in [2.24, 2.45) is 5.92 Å². The average Bonchev–Trinajstić information content (AvgIpc) is 2.40. The monoisotopic (exact) mass is 364 g/mol. The molecule has 1 saturated heterocycles. The van der Waals surface area contributed by atoms with Crippen LogP contribution in [0.1, 0.15) is 18.4 Å². The summed E-state index contributed by atoms with van der Waals surface area (Å²) in [5, 5.41) is 5.01. The van der Waals surface area contributed by atoms with Gasteiger partial charge in [0.15, 0.2) is 0 Å². The van der Waals surface area contributed by atoms with Crippen molar-refractivity contribution in [1.82, 2.24) is 5.32 Å². The second kappa shape index (κ2) is 6.05. The molecule has 1 fully saturated rings. The van der Waals surface area contributed by atoms with E-state index in [0.29, 0.717) is 6.42 Å². The van der Waals surface area contributed by atoms with Gasteiger partial charge < -0.3 is 10.6 Å². The molecule has 2 rings (SSSR count). The van der Waals surface area contributed by atoms with E-state index in [1.165, 1.54) is 12.1 Å². The molecule has 114 valence electrons. The molecule has 2 N–H and O–H groups in total. The lowest BCUT2D eigenvalue weighted by molar-refractivity contribution is -0.138. The number of alkyl halides is 3. The number of amides is 2. The Bertz CT molecular complexity index is 565. The van der Waals surface area contributed by atoms with Gasteiger partial charge in [-0.2, -0.15) is 13.2 Å². The van der Waals surface area contributed by atoms with Gasteiger partial charge in [0.25, 0.3) is 0 Å². The van der Waals surface area contributed by atoms with Crippen LogP contribution in [0.3, 0.4) is 0 Å². The number of halogens is 4. The maximum Gasteiger partial charge on any atom is 0.417 e. The smallest absolute Gasteiger partial charge is 0.355 e. The van der Waals surface area contributed by atoms with Crippen molar-refractivity contribution in [2.45, 2.75) is 19.0 Å². The molecule has 4 nitrogen and oxygen atoms in total. The third-order valence-corrected chi connectivity index (χ3v) is 3.87. The van der Waals surface area contributed by atoms with E-state index in [2.05, 4.69) is 26.6 Å². The first kappa shape index (κ1) is 15.8. The molecule has 0 aliphatic carbocycles. The van der Waals surface area contributed by atoms with E-state index in [1.54, 1.807) is 0 Å². The van der Waals surface area contributed by atoms with Crippen LogP contribution in [0.4, 0.5) is 18.9 Å². The Morgan fingerprint density at radius 1 is 1.38 bits per heavy atom. The number of hydrogen-bond acceptors (Lipinski definition) is 2. The van der Waals surface area contributed by atoms with Crippen LogP contribution in [-0.2, 0) is 15.8 Å². The lowest BCUT2D eigenvalue weighted by Crippen LogP contribution is -2.40. The highest BCUT2D eigenvalue weighted by Gasteiger charge is 2.33. The van der Waals surface area contributed by atoms with E-state index in [1.807, 2.05) is 0 Å². The van der Waals surface area contributed by atoms with Gasteiger partial charge in [-0.1, -0.05) is 15.9 Å². The van der Waals surface area contributed by atoms with Crippen LogP contribution in [0.25, 0.3) is 0 Å². The summed E-state index contributed by atoms with van der Waals surface area (Å²) in [6.45, 7) is 0.202. The summed E-state index contributed by atoms with van der Waals surface area (Å²) < 4.78 is 38.2. The summed E-state index contributed by atoms with van der Waals surface area (Å²) in [6.07, 6.45) is -3.87. The number of benzene rings is 1. The summed E-state index contributed by atoms with van der Waals surface area (Å²) in [4.78, 5) is 23.0. The minimum absolute atomic E-state index is 0.0763. The topological polar surface area (TPSA) is 58.2 Å². The maximum atomic E-state index is 12.8. The predicted molar refractivity (Wildman–Crippen MR) is 73.5 cm³/mol. The normalized spacial score (nSPS) is 19.0. The van der Waals surface area contributed by atoms with Crippen LogP contribution in [0, 0.1) is 5.92 Å². The van der Waals surface area contributed by atoms with Crippen molar-refractivity contribution in [3.05, 3.63) is 28.2 Å². The number of hydrogen-bond donors (Lipinski definition) is 2. The van der Waals surface area contributed by atoms with Gasteiger partial charge in [0, 0.05) is 23.1 Å². The van der Waals surface area contributed by atoms with Gasteiger partial charge in [0.2, 0.25) is 11.8 Å². The highest BCUT2D eigenvalue weighted by atomic mass is 79.9. The molecule has 1 atom stereocenters. The minimum atomic E-state index is -4.50. The Hall–Kier alpha value is -1.57. The molecule has 21 heavy (non-hydrogen) atoms. The van der Waals surface area contributed by atoms with E-state index in [-0.39, 0.29) is 29.0 Å². The molecular formula is C13H12BrF3N2O2. The molecule has 0 saturated carbocycles. The largest absolute Gasteiger partial charge is 0.417 e. The highest BCUT2D eigenvalue weighted by Crippen LogP contribution is 2.36. The summed E-state index contributed by atoms with van der Waals surface area (Å²) in [5.41, 5.74) is -0.773. The quantitative estimate of drug-likeness (QED) is 0.847. The molecule has 1 unspecified atom stereocenters. The van der Waals surface area contributed by atoms with Gasteiger partial charge in [0.1, 0.15) is 0 Å². The zero-order valence-corrected chi connectivity index (χ0v) is 12.3. The molecule has 1 aliphatic heterocycles. The Morgan fingerprint density at radius 3 is 2.67 bits per heavy atom.